The Kier molecular flexibility index (Phi) is 8.86. The Labute approximate surface area is 397 Å². The Bertz CT molecular complexity index is 3360. The number of thiophene rings is 1. The molecule has 330 valence electrons. The second-order valence-electron chi connectivity index (χ2n) is 23.3. The average molecular weight is 879 g/mol. The SMILES string of the molecule is Cc1cc(C)c(-c2cc3c4c(c2)N(c2cc5c(cc2C)C(C)(C)CCC5(C)C)c2ccc5c(sc6ccccc65)c2B4N(c2ccccc2)c2cc4c(cc2-3)C(C)(C)CCC4(C)C)c(C)c1. The van der Waals surface area contributed by atoms with Gasteiger partial charge in [0.15, 0.2) is 0 Å². The number of nitrogens with zero attached hydrogens (tertiary/aromatic N) is 2. The number of hydrogen-bond donors (Lipinski definition) is 0. The summed E-state index contributed by atoms with van der Waals surface area (Å²) in [5.41, 5.74) is 26.2. The Morgan fingerprint density at radius 2 is 1.05 bits per heavy atom. The highest BCUT2D eigenvalue weighted by Crippen LogP contribution is 2.56. The fourth-order valence-electron chi connectivity index (χ4n) is 13.1. The van der Waals surface area contributed by atoms with Crippen LogP contribution in [0.15, 0.2) is 115 Å². The lowest BCUT2D eigenvalue weighted by Crippen LogP contribution is -2.62. The highest BCUT2D eigenvalue weighted by molar-refractivity contribution is 7.27. The van der Waals surface area contributed by atoms with Crippen molar-refractivity contribution in [2.45, 2.75) is 130 Å². The molecule has 0 spiro atoms. The summed E-state index contributed by atoms with van der Waals surface area (Å²) in [5.74, 6) is 0. The normalized spacial score (nSPS) is 18.2. The van der Waals surface area contributed by atoms with Gasteiger partial charge in [0.1, 0.15) is 0 Å². The van der Waals surface area contributed by atoms with E-state index in [1.807, 2.05) is 11.3 Å². The van der Waals surface area contributed by atoms with Gasteiger partial charge in [-0.2, -0.15) is 0 Å². The molecule has 8 aromatic rings. The van der Waals surface area contributed by atoms with E-state index in [1.165, 1.54) is 152 Å². The summed E-state index contributed by atoms with van der Waals surface area (Å²) < 4.78 is 2.73. The van der Waals surface area contributed by atoms with Crippen molar-refractivity contribution in [1.82, 2.24) is 0 Å². The van der Waals surface area contributed by atoms with E-state index in [-0.39, 0.29) is 28.5 Å². The van der Waals surface area contributed by atoms with E-state index in [9.17, 15) is 0 Å². The van der Waals surface area contributed by atoms with E-state index in [0.29, 0.717) is 0 Å². The summed E-state index contributed by atoms with van der Waals surface area (Å²) >= 11 is 1.98. The molecular weight excluding hydrogens is 816 g/mol. The van der Waals surface area contributed by atoms with Crippen molar-refractivity contribution >= 4 is 77.7 Å². The first-order valence-corrected chi connectivity index (χ1v) is 25.4. The van der Waals surface area contributed by atoms with Crippen molar-refractivity contribution in [3.8, 4) is 22.3 Å². The van der Waals surface area contributed by atoms with Crippen LogP contribution in [-0.4, -0.2) is 6.85 Å². The second-order valence-corrected chi connectivity index (χ2v) is 24.3. The van der Waals surface area contributed by atoms with Crippen LogP contribution in [0.1, 0.15) is 126 Å². The molecule has 0 bridgehead atoms. The number of hydrogen-bond acceptors (Lipinski definition) is 3. The molecule has 0 saturated heterocycles. The first-order valence-electron chi connectivity index (χ1n) is 24.5. The fraction of sp³-hybridized carbons (Fsp3) is 0.323. The van der Waals surface area contributed by atoms with Crippen molar-refractivity contribution in [2.24, 2.45) is 0 Å². The molecule has 2 aliphatic carbocycles. The zero-order valence-corrected chi connectivity index (χ0v) is 42.0. The van der Waals surface area contributed by atoms with Gasteiger partial charge in [0.25, 0.3) is 0 Å². The first-order chi connectivity index (χ1) is 31.3. The van der Waals surface area contributed by atoms with Gasteiger partial charge in [0.05, 0.1) is 0 Å². The Morgan fingerprint density at radius 1 is 0.470 bits per heavy atom. The second kappa shape index (κ2) is 14.0. The van der Waals surface area contributed by atoms with Gasteiger partial charge in [-0.15, -0.1) is 11.3 Å². The van der Waals surface area contributed by atoms with Gasteiger partial charge < -0.3 is 9.71 Å². The van der Waals surface area contributed by atoms with Crippen LogP contribution in [-0.2, 0) is 21.7 Å². The Morgan fingerprint density at radius 3 is 1.70 bits per heavy atom. The molecule has 66 heavy (non-hydrogen) atoms. The molecule has 4 aliphatic rings. The number of benzene rings is 7. The predicted octanol–water partition coefficient (Wildman–Crippen LogP) is 16.4. The summed E-state index contributed by atoms with van der Waals surface area (Å²) in [6.45, 7) is 29.0. The van der Waals surface area contributed by atoms with Crippen LogP contribution in [0.4, 0.5) is 28.4 Å². The van der Waals surface area contributed by atoms with Gasteiger partial charge in [-0.3, -0.25) is 0 Å². The molecule has 0 N–H and O–H groups in total. The van der Waals surface area contributed by atoms with E-state index in [0.717, 1.165) is 0 Å². The molecule has 12 rings (SSSR count). The molecule has 0 fully saturated rings. The van der Waals surface area contributed by atoms with Crippen LogP contribution in [0.5, 0.6) is 0 Å². The lowest BCUT2D eigenvalue weighted by Gasteiger charge is -2.49. The molecule has 0 amide bonds. The molecule has 0 saturated carbocycles. The summed E-state index contributed by atoms with van der Waals surface area (Å²) in [4.78, 5) is 5.48. The third-order valence-corrected chi connectivity index (χ3v) is 18.2. The van der Waals surface area contributed by atoms with E-state index in [2.05, 4.69) is 208 Å². The Balaban J connectivity index is 1.28. The number of rotatable bonds is 3. The van der Waals surface area contributed by atoms with Gasteiger partial charge in [0, 0.05) is 54.2 Å². The maximum absolute atomic E-state index is 2.76. The Hall–Kier alpha value is -5.58. The molecule has 1 aromatic heterocycles. The molecule has 4 heteroatoms. The lowest BCUT2D eigenvalue weighted by atomic mass is 9.43. The summed E-state index contributed by atoms with van der Waals surface area (Å²) in [7, 11) is 0. The minimum atomic E-state index is -0.0757. The zero-order valence-electron chi connectivity index (χ0n) is 41.2. The average Bonchev–Trinajstić information content (AvgIpc) is 3.65. The molecule has 3 heterocycles. The van der Waals surface area contributed by atoms with Gasteiger partial charge >= 0.3 is 6.85 Å². The third-order valence-electron chi connectivity index (χ3n) is 16.9. The maximum Gasteiger partial charge on any atom is 0.334 e. The summed E-state index contributed by atoms with van der Waals surface area (Å²) in [6, 6.07) is 45.8. The predicted molar refractivity (Wildman–Crippen MR) is 288 cm³/mol. The highest BCUT2D eigenvalue weighted by atomic mass is 32.1. The van der Waals surface area contributed by atoms with Gasteiger partial charge in [-0.05, 0) is 196 Å². The van der Waals surface area contributed by atoms with E-state index >= 15 is 0 Å². The minimum absolute atomic E-state index is 0.0536. The molecule has 0 atom stereocenters. The van der Waals surface area contributed by atoms with Crippen molar-refractivity contribution in [1.29, 1.82) is 0 Å². The molecule has 0 unspecified atom stereocenters. The highest BCUT2D eigenvalue weighted by Gasteiger charge is 2.49. The largest absolute Gasteiger partial charge is 0.376 e. The van der Waals surface area contributed by atoms with Crippen LogP contribution in [0.2, 0.25) is 0 Å². The molecule has 2 nitrogen and oxygen atoms in total. The van der Waals surface area contributed by atoms with Crippen molar-refractivity contribution in [3.05, 3.63) is 160 Å². The van der Waals surface area contributed by atoms with Crippen LogP contribution < -0.4 is 20.6 Å². The monoisotopic (exact) mass is 878 g/mol. The summed E-state index contributed by atoms with van der Waals surface area (Å²) in [6.07, 6.45) is 4.72. The van der Waals surface area contributed by atoms with E-state index in [4.69, 9.17) is 0 Å². The zero-order chi connectivity index (χ0) is 46.0. The van der Waals surface area contributed by atoms with Crippen LogP contribution in [0.3, 0.4) is 0 Å². The third kappa shape index (κ3) is 5.92. The van der Waals surface area contributed by atoms with Crippen molar-refractivity contribution in [3.63, 3.8) is 0 Å². The molecule has 0 radical (unpaired) electrons. The van der Waals surface area contributed by atoms with E-state index < -0.39 is 0 Å². The van der Waals surface area contributed by atoms with Crippen LogP contribution in [0.25, 0.3) is 42.4 Å². The van der Waals surface area contributed by atoms with Gasteiger partial charge in [0.2, 0.25) is 0 Å². The number of fused-ring (bicyclic) bond motifs is 10. The fourth-order valence-corrected chi connectivity index (χ4v) is 14.4. The van der Waals surface area contributed by atoms with Gasteiger partial charge in [-0.25, -0.2) is 0 Å². The van der Waals surface area contributed by atoms with Gasteiger partial charge in [-0.1, -0.05) is 122 Å². The van der Waals surface area contributed by atoms with Crippen LogP contribution >= 0.6 is 11.3 Å². The minimum Gasteiger partial charge on any atom is -0.376 e. The summed E-state index contributed by atoms with van der Waals surface area (Å²) in [5, 5.41) is 2.69. The standard InChI is InChI=1S/C62H63BN2S/c1-36-28-38(3)55(39(4)29-36)40-31-45-44-33-47-49(62(11,12)27-25-60(47,7)8)35-52(44)65(41-18-14-13-15-19-41)63-56(45)53(32-40)64(50-23-22-43-42-20-16-17-21-54(42)66-58(43)57(50)63)51-34-48-46(30-37(51)2)59(5,6)24-26-61(48,9)10/h13-23,28-35H,24-27H2,1-12H3. The quantitative estimate of drug-likeness (QED) is 0.163. The van der Waals surface area contributed by atoms with Crippen molar-refractivity contribution in [2.75, 3.05) is 9.71 Å². The van der Waals surface area contributed by atoms with Crippen molar-refractivity contribution < 1.29 is 0 Å². The first kappa shape index (κ1) is 41.8. The lowest BCUT2D eigenvalue weighted by molar-refractivity contribution is 0.332. The molecule has 2 aliphatic heterocycles. The number of aryl methyl sites for hydroxylation is 4. The number of anilines is 5. The number of para-hydroxylation sites is 1. The maximum atomic E-state index is 2.76. The van der Waals surface area contributed by atoms with E-state index in [1.54, 1.807) is 0 Å². The topological polar surface area (TPSA) is 6.48 Å². The molecule has 7 aromatic carbocycles. The van der Waals surface area contributed by atoms with Crippen LogP contribution in [0, 0.1) is 27.7 Å². The smallest absolute Gasteiger partial charge is 0.334 e. The molecular formula is C62H63BN2S.